The van der Waals surface area contributed by atoms with Gasteiger partial charge in [0.15, 0.2) is 16.6 Å². The first-order valence-electron chi connectivity index (χ1n) is 14.0. The molecule has 0 unspecified atom stereocenters. The number of amides is 1. The second-order valence-electron chi connectivity index (χ2n) is 10.2. The molecule has 0 bridgehead atoms. The van der Waals surface area contributed by atoms with Crippen LogP contribution in [0.3, 0.4) is 0 Å². The number of hydrogen-bond donors (Lipinski definition) is 0. The van der Waals surface area contributed by atoms with Crippen LogP contribution in [0.2, 0.25) is 5.02 Å². The molecule has 2 saturated heterocycles. The first-order valence-corrected chi connectivity index (χ1v) is 15.4. The number of aromatic nitrogens is 2. The molecule has 1 amide bonds. The number of piperazine rings is 1. The van der Waals surface area contributed by atoms with Crippen LogP contribution in [0.15, 0.2) is 52.0 Å². The molecule has 3 aromatic rings. The van der Waals surface area contributed by atoms with Crippen LogP contribution in [0, 0.1) is 5.92 Å². The van der Waals surface area contributed by atoms with Gasteiger partial charge >= 0.3 is 12.1 Å². The summed E-state index contributed by atoms with van der Waals surface area (Å²) in [6.45, 7) is 4.95. The van der Waals surface area contributed by atoms with Crippen molar-refractivity contribution in [3.05, 3.63) is 64.7 Å². The van der Waals surface area contributed by atoms with E-state index in [-0.39, 0.29) is 40.3 Å². The Morgan fingerprint density at radius 1 is 1.02 bits per heavy atom. The molecule has 2 aromatic heterocycles. The van der Waals surface area contributed by atoms with Crippen molar-refractivity contribution in [1.82, 2.24) is 14.9 Å². The molecule has 9 nitrogen and oxygen atoms in total. The molecular weight excluding hydrogens is 607 g/mol. The predicted molar refractivity (Wildman–Crippen MR) is 156 cm³/mol. The van der Waals surface area contributed by atoms with Gasteiger partial charge in [0.1, 0.15) is 11.6 Å². The van der Waals surface area contributed by atoms with Crippen molar-refractivity contribution in [3.63, 3.8) is 0 Å². The minimum absolute atomic E-state index is 0.0383. The largest absolute Gasteiger partial charge is 0.466 e. The Morgan fingerprint density at radius 2 is 1.72 bits per heavy atom. The number of hydrogen-bond acceptors (Lipinski definition) is 9. The van der Waals surface area contributed by atoms with Crippen LogP contribution in [0.25, 0.3) is 0 Å². The number of alkyl halides is 3. The highest BCUT2D eigenvalue weighted by Gasteiger charge is 2.35. The van der Waals surface area contributed by atoms with Crippen LogP contribution in [-0.2, 0) is 21.5 Å². The zero-order valence-corrected chi connectivity index (χ0v) is 25.1. The van der Waals surface area contributed by atoms with E-state index in [2.05, 4.69) is 14.9 Å². The molecule has 5 rings (SSSR count). The van der Waals surface area contributed by atoms with E-state index in [0.717, 1.165) is 23.5 Å². The van der Waals surface area contributed by atoms with E-state index in [9.17, 15) is 22.8 Å². The van der Waals surface area contributed by atoms with Crippen molar-refractivity contribution in [1.29, 1.82) is 0 Å². The normalized spacial score (nSPS) is 16.4. The molecule has 0 atom stereocenters. The van der Waals surface area contributed by atoms with Crippen molar-refractivity contribution in [2.75, 3.05) is 55.7 Å². The average Bonchev–Trinajstić information content (AvgIpc) is 3.49. The molecule has 0 aliphatic carbocycles. The second-order valence-corrected chi connectivity index (χ2v) is 11.5. The third-order valence-corrected chi connectivity index (χ3v) is 8.59. The molecule has 4 heterocycles. The summed E-state index contributed by atoms with van der Waals surface area (Å²) < 4.78 is 52.1. The minimum Gasteiger partial charge on any atom is -0.466 e. The van der Waals surface area contributed by atoms with Gasteiger partial charge in [-0.05, 0) is 44.0 Å². The number of nitrogens with zero attached hydrogens (tertiary/aromatic N) is 5. The minimum atomic E-state index is -4.64. The van der Waals surface area contributed by atoms with Gasteiger partial charge in [-0.25, -0.2) is 9.97 Å². The number of carbonyl (C=O) groups is 2. The van der Waals surface area contributed by atoms with Crippen LogP contribution < -0.4 is 9.80 Å². The van der Waals surface area contributed by atoms with Gasteiger partial charge in [-0.2, -0.15) is 13.2 Å². The Labute approximate surface area is 256 Å². The lowest BCUT2D eigenvalue weighted by Gasteiger charge is -2.37. The number of anilines is 2. The standard InChI is InChI=1S/C29H31ClF3N5O4S/c1-2-41-27(40)19-9-11-38(12-10-19)26(39)23-8-7-20(42-23)18-43-28-34-24(29(31,32)33)17-25(35-28)37-15-13-36(14-16-37)22-6-4-3-5-21(22)30/h3-8,17,19H,2,9-16,18H2,1H3. The lowest BCUT2D eigenvalue weighted by atomic mass is 9.97. The summed E-state index contributed by atoms with van der Waals surface area (Å²) in [6.07, 6.45) is -3.62. The first-order chi connectivity index (χ1) is 20.6. The predicted octanol–water partition coefficient (Wildman–Crippen LogP) is 5.78. The zero-order chi connectivity index (χ0) is 30.6. The van der Waals surface area contributed by atoms with E-state index < -0.39 is 11.9 Å². The maximum Gasteiger partial charge on any atom is 0.433 e. The van der Waals surface area contributed by atoms with E-state index >= 15 is 0 Å². The number of benzene rings is 1. The molecule has 2 aliphatic heterocycles. The molecule has 14 heteroatoms. The summed E-state index contributed by atoms with van der Waals surface area (Å²) in [5.41, 5.74) is -0.133. The zero-order valence-electron chi connectivity index (χ0n) is 23.5. The van der Waals surface area contributed by atoms with Crippen LogP contribution in [0.5, 0.6) is 0 Å². The van der Waals surface area contributed by atoms with Crippen LogP contribution in [0.1, 0.15) is 41.8 Å². The lowest BCUT2D eigenvalue weighted by molar-refractivity contribution is -0.149. The van der Waals surface area contributed by atoms with Gasteiger partial charge < -0.3 is 23.9 Å². The van der Waals surface area contributed by atoms with Gasteiger partial charge in [0, 0.05) is 45.3 Å². The number of esters is 1. The Hall–Kier alpha value is -3.45. The quantitative estimate of drug-likeness (QED) is 0.173. The van der Waals surface area contributed by atoms with E-state index in [1.165, 1.54) is 0 Å². The Bertz CT molecular complexity index is 1440. The molecule has 0 saturated carbocycles. The number of carbonyl (C=O) groups excluding carboxylic acids is 2. The number of thioether (sulfide) groups is 1. The fourth-order valence-corrected chi connectivity index (χ4v) is 6.11. The molecule has 2 fully saturated rings. The Morgan fingerprint density at radius 3 is 2.40 bits per heavy atom. The van der Waals surface area contributed by atoms with Gasteiger partial charge in [0.25, 0.3) is 5.91 Å². The SMILES string of the molecule is CCOC(=O)C1CCN(C(=O)c2ccc(CSc3nc(N4CCN(c5ccccc5Cl)CC4)cc(C(F)(F)F)n3)o2)CC1. The molecule has 2 aliphatic rings. The molecule has 230 valence electrons. The number of furan rings is 1. The van der Waals surface area contributed by atoms with Crippen LogP contribution in [0.4, 0.5) is 24.7 Å². The molecule has 0 spiro atoms. The summed E-state index contributed by atoms with van der Waals surface area (Å²) in [5, 5.41) is 0.584. The number of ether oxygens (including phenoxy) is 1. The highest BCUT2D eigenvalue weighted by atomic mass is 35.5. The van der Waals surface area contributed by atoms with Crippen molar-refractivity contribution in [2.45, 2.75) is 36.9 Å². The monoisotopic (exact) mass is 637 g/mol. The van der Waals surface area contributed by atoms with E-state index in [4.69, 9.17) is 20.8 Å². The van der Waals surface area contributed by atoms with Gasteiger partial charge in [0.2, 0.25) is 0 Å². The average molecular weight is 638 g/mol. The maximum absolute atomic E-state index is 13.8. The number of piperidine rings is 1. The van der Waals surface area contributed by atoms with Gasteiger partial charge in [-0.15, -0.1) is 0 Å². The maximum atomic E-state index is 13.8. The van der Waals surface area contributed by atoms with Gasteiger partial charge in [-0.3, -0.25) is 9.59 Å². The summed E-state index contributed by atoms with van der Waals surface area (Å²) >= 11 is 7.33. The van der Waals surface area contributed by atoms with E-state index in [1.54, 1.807) is 30.0 Å². The van der Waals surface area contributed by atoms with Gasteiger partial charge in [0.05, 0.1) is 29.0 Å². The number of likely N-dealkylation sites (tertiary alicyclic amines) is 1. The third-order valence-electron chi connectivity index (χ3n) is 7.40. The number of halogens is 4. The van der Waals surface area contributed by atoms with E-state index in [0.29, 0.717) is 69.5 Å². The summed E-state index contributed by atoms with van der Waals surface area (Å²) in [6, 6.07) is 11.6. The molecule has 0 N–H and O–H groups in total. The smallest absolute Gasteiger partial charge is 0.433 e. The Kier molecular flexibility index (Phi) is 9.70. The fourth-order valence-electron chi connectivity index (χ4n) is 5.11. The van der Waals surface area contributed by atoms with Crippen molar-refractivity contribution < 1.29 is 31.9 Å². The molecule has 0 radical (unpaired) electrons. The topological polar surface area (TPSA) is 92.0 Å². The molecule has 43 heavy (non-hydrogen) atoms. The van der Waals surface area contributed by atoms with Crippen molar-refractivity contribution in [2.24, 2.45) is 5.92 Å². The van der Waals surface area contributed by atoms with Crippen LogP contribution in [-0.4, -0.2) is 72.6 Å². The Balaban J connectivity index is 1.21. The van der Waals surface area contributed by atoms with Gasteiger partial charge in [-0.1, -0.05) is 35.5 Å². The van der Waals surface area contributed by atoms with E-state index in [1.807, 2.05) is 23.1 Å². The highest BCUT2D eigenvalue weighted by Crippen LogP contribution is 2.33. The first kappa shape index (κ1) is 31.0. The molecule has 1 aromatic carbocycles. The van der Waals surface area contributed by atoms with Crippen molar-refractivity contribution >= 4 is 46.7 Å². The third kappa shape index (κ3) is 7.56. The highest BCUT2D eigenvalue weighted by molar-refractivity contribution is 7.98. The molecular formula is C29H31ClF3N5O4S. The lowest BCUT2D eigenvalue weighted by Crippen LogP contribution is -2.47. The summed E-state index contributed by atoms with van der Waals surface area (Å²) in [7, 11) is 0. The number of rotatable bonds is 8. The summed E-state index contributed by atoms with van der Waals surface area (Å²) in [4.78, 5) is 38.6. The second kappa shape index (κ2) is 13.5. The summed E-state index contributed by atoms with van der Waals surface area (Å²) in [5.74, 6) is 0.108. The fraction of sp³-hybridized carbons (Fsp3) is 0.448. The van der Waals surface area contributed by atoms with Crippen molar-refractivity contribution in [3.8, 4) is 0 Å². The number of para-hydroxylation sites is 1. The van der Waals surface area contributed by atoms with Crippen LogP contribution >= 0.6 is 23.4 Å².